The highest BCUT2D eigenvalue weighted by Gasteiger charge is 2.35. The van der Waals surface area contributed by atoms with E-state index in [9.17, 15) is 4.79 Å². The number of ether oxygens (including phenoxy) is 1. The van der Waals surface area contributed by atoms with E-state index >= 15 is 0 Å². The minimum absolute atomic E-state index is 0.131. The Morgan fingerprint density at radius 3 is 2.50 bits per heavy atom. The van der Waals surface area contributed by atoms with Gasteiger partial charge >= 0.3 is 6.03 Å². The third-order valence-corrected chi connectivity index (χ3v) is 6.12. The van der Waals surface area contributed by atoms with Gasteiger partial charge in [0.2, 0.25) is 5.82 Å². The number of halogens is 1. The number of carbonyl (C=O) groups excluding carboxylic acids is 1. The van der Waals surface area contributed by atoms with E-state index in [0.29, 0.717) is 29.9 Å². The molecule has 2 heterocycles. The van der Waals surface area contributed by atoms with E-state index in [4.69, 9.17) is 20.9 Å². The van der Waals surface area contributed by atoms with Crippen molar-refractivity contribution in [3.8, 4) is 17.1 Å². The minimum Gasteiger partial charge on any atom is -0.494 e. The molecule has 34 heavy (non-hydrogen) atoms. The van der Waals surface area contributed by atoms with Gasteiger partial charge in [0.05, 0.1) is 18.2 Å². The number of nitrogens with zero attached hydrogens (tertiary/aromatic N) is 3. The van der Waals surface area contributed by atoms with Crippen molar-refractivity contribution in [3.63, 3.8) is 0 Å². The molecule has 1 aliphatic heterocycles. The maximum absolute atomic E-state index is 13.1. The second-order valence-corrected chi connectivity index (χ2v) is 8.61. The summed E-state index contributed by atoms with van der Waals surface area (Å²) in [7, 11) is 0. The molecule has 7 nitrogen and oxygen atoms in total. The molecule has 178 valence electrons. The molecule has 2 aromatic carbocycles. The maximum Gasteiger partial charge on any atom is 0.322 e. The normalized spacial score (nSPS) is 16.1. The monoisotopic (exact) mass is 480 g/mol. The van der Waals surface area contributed by atoms with Crippen LogP contribution in [0.4, 0.5) is 4.79 Å². The third kappa shape index (κ3) is 5.09. The van der Waals surface area contributed by atoms with E-state index in [-0.39, 0.29) is 6.03 Å². The number of hydrogen-bond donors (Lipinski definition) is 1. The smallest absolute Gasteiger partial charge is 0.322 e. The van der Waals surface area contributed by atoms with Gasteiger partial charge in [-0.1, -0.05) is 48.7 Å². The second kappa shape index (κ2) is 10.7. The fourth-order valence-corrected chi connectivity index (χ4v) is 4.20. The molecule has 8 heteroatoms. The number of nitrogens with one attached hydrogen (secondary N) is 1. The standard InChI is InChI=1S/C26H29ClN4O3/c1-4-6-7-16-31-17(3)22(25-29-24(30-34-25)19-8-12-20(27)13-9-19)23(28-26(31)32)18-10-14-21(15-11-18)33-5-2/h8-15,23H,4-7,16H2,1-3H3,(H,28,32). The first-order chi connectivity index (χ1) is 16.5. The molecule has 0 saturated heterocycles. The Kier molecular flexibility index (Phi) is 7.53. The van der Waals surface area contributed by atoms with Gasteiger partial charge in [-0.3, -0.25) is 4.90 Å². The van der Waals surface area contributed by atoms with E-state index in [0.717, 1.165) is 47.4 Å². The zero-order chi connectivity index (χ0) is 24.1. The van der Waals surface area contributed by atoms with Crippen LogP contribution in [0.25, 0.3) is 17.0 Å². The number of rotatable bonds is 9. The number of allylic oxidation sites excluding steroid dienone is 1. The molecule has 0 saturated carbocycles. The summed E-state index contributed by atoms with van der Waals surface area (Å²) in [6, 6.07) is 14.4. The SMILES string of the molecule is CCCCCN1C(=O)NC(c2ccc(OCC)cc2)C(c2nc(-c3ccc(Cl)cc3)no2)=C1C. The van der Waals surface area contributed by atoms with Crippen molar-refractivity contribution >= 4 is 23.2 Å². The van der Waals surface area contributed by atoms with Crippen LogP contribution in [0.1, 0.15) is 57.5 Å². The van der Waals surface area contributed by atoms with Crippen LogP contribution in [-0.2, 0) is 0 Å². The zero-order valence-electron chi connectivity index (χ0n) is 19.7. The van der Waals surface area contributed by atoms with Gasteiger partial charge in [0.25, 0.3) is 5.89 Å². The van der Waals surface area contributed by atoms with Gasteiger partial charge in [-0.05, 0) is 62.2 Å². The van der Waals surface area contributed by atoms with Gasteiger partial charge in [-0.2, -0.15) is 4.98 Å². The van der Waals surface area contributed by atoms with Gasteiger partial charge in [0.1, 0.15) is 5.75 Å². The molecule has 4 rings (SSSR count). The van der Waals surface area contributed by atoms with Crippen LogP contribution >= 0.6 is 11.6 Å². The van der Waals surface area contributed by atoms with Crippen LogP contribution in [0, 0.1) is 0 Å². The lowest BCUT2D eigenvalue weighted by molar-refractivity contribution is 0.204. The van der Waals surface area contributed by atoms with Crippen LogP contribution in [0.2, 0.25) is 5.02 Å². The molecular formula is C26H29ClN4O3. The van der Waals surface area contributed by atoms with E-state index < -0.39 is 6.04 Å². The van der Waals surface area contributed by atoms with Crippen molar-refractivity contribution in [2.24, 2.45) is 0 Å². The summed E-state index contributed by atoms with van der Waals surface area (Å²) in [5.74, 6) is 1.62. The predicted octanol–water partition coefficient (Wildman–Crippen LogP) is 6.48. The van der Waals surface area contributed by atoms with Crippen molar-refractivity contribution in [3.05, 3.63) is 70.7 Å². The van der Waals surface area contributed by atoms with Crippen molar-refractivity contribution in [1.29, 1.82) is 0 Å². The molecule has 0 spiro atoms. The average Bonchev–Trinajstić information content (AvgIpc) is 3.32. The van der Waals surface area contributed by atoms with Crippen molar-refractivity contribution in [1.82, 2.24) is 20.4 Å². The Balaban J connectivity index is 1.74. The Bertz CT molecular complexity index is 1160. The summed E-state index contributed by atoms with van der Waals surface area (Å²) in [4.78, 5) is 19.5. The number of hydrogen-bond acceptors (Lipinski definition) is 5. The quantitative estimate of drug-likeness (QED) is 0.354. The number of carbonyl (C=O) groups is 1. The summed E-state index contributed by atoms with van der Waals surface area (Å²) >= 11 is 6.02. The molecular weight excluding hydrogens is 452 g/mol. The zero-order valence-corrected chi connectivity index (χ0v) is 20.4. The predicted molar refractivity (Wildman–Crippen MR) is 132 cm³/mol. The molecule has 1 atom stereocenters. The molecule has 0 radical (unpaired) electrons. The largest absolute Gasteiger partial charge is 0.494 e. The van der Waals surface area contributed by atoms with E-state index in [1.807, 2.05) is 50.2 Å². The van der Waals surface area contributed by atoms with Gasteiger partial charge in [0, 0.05) is 22.8 Å². The lowest BCUT2D eigenvalue weighted by atomic mass is 9.94. The molecule has 0 bridgehead atoms. The second-order valence-electron chi connectivity index (χ2n) is 8.17. The summed E-state index contributed by atoms with van der Waals surface area (Å²) in [5.41, 5.74) is 3.30. The van der Waals surface area contributed by atoms with Crippen molar-refractivity contribution < 1.29 is 14.1 Å². The first-order valence-corrected chi connectivity index (χ1v) is 12.0. The van der Waals surface area contributed by atoms with Crippen LogP contribution in [-0.4, -0.2) is 34.2 Å². The molecule has 2 amide bonds. The van der Waals surface area contributed by atoms with E-state index in [1.54, 1.807) is 17.0 Å². The topological polar surface area (TPSA) is 80.5 Å². The van der Waals surface area contributed by atoms with Crippen LogP contribution < -0.4 is 10.1 Å². The first-order valence-electron chi connectivity index (χ1n) is 11.6. The highest BCUT2D eigenvalue weighted by molar-refractivity contribution is 6.30. The number of aromatic nitrogens is 2. The molecule has 1 N–H and O–H groups in total. The Labute approximate surface area is 204 Å². The lowest BCUT2D eigenvalue weighted by Crippen LogP contribution is -2.46. The molecule has 1 aliphatic rings. The number of benzene rings is 2. The van der Waals surface area contributed by atoms with Crippen molar-refractivity contribution in [2.75, 3.05) is 13.2 Å². The van der Waals surface area contributed by atoms with Crippen LogP contribution in [0.15, 0.2) is 58.8 Å². The van der Waals surface area contributed by atoms with Gasteiger partial charge in [0.15, 0.2) is 0 Å². The number of amides is 2. The van der Waals surface area contributed by atoms with E-state index in [1.165, 1.54) is 0 Å². The van der Waals surface area contributed by atoms with Crippen LogP contribution in [0.3, 0.4) is 0 Å². The van der Waals surface area contributed by atoms with Gasteiger partial charge < -0.3 is 14.6 Å². The molecule has 3 aromatic rings. The number of urea groups is 1. The van der Waals surface area contributed by atoms with Crippen LogP contribution in [0.5, 0.6) is 5.75 Å². The lowest BCUT2D eigenvalue weighted by Gasteiger charge is -2.35. The summed E-state index contributed by atoms with van der Waals surface area (Å²) in [5, 5.41) is 7.98. The summed E-state index contributed by atoms with van der Waals surface area (Å²) in [6.45, 7) is 7.24. The fraction of sp³-hybridized carbons (Fsp3) is 0.346. The highest BCUT2D eigenvalue weighted by atomic mass is 35.5. The summed E-state index contributed by atoms with van der Waals surface area (Å²) < 4.78 is 11.3. The summed E-state index contributed by atoms with van der Waals surface area (Å²) in [6.07, 6.45) is 3.05. The first kappa shape index (κ1) is 23.8. The molecule has 1 aromatic heterocycles. The fourth-order valence-electron chi connectivity index (χ4n) is 4.07. The third-order valence-electron chi connectivity index (χ3n) is 5.86. The Hall–Kier alpha value is -3.32. The Morgan fingerprint density at radius 1 is 1.09 bits per heavy atom. The highest BCUT2D eigenvalue weighted by Crippen LogP contribution is 2.38. The minimum atomic E-state index is -0.427. The van der Waals surface area contributed by atoms with Gasteiger partial charge in [-0.15, -0.1) is 0 Å². The van der Waals surface area contributed by atoms with E-state index in [2.05, 4.69) is 22.4 Å². The number of unbranched alkanes of at least 4 members (excludes halogenated alkanes) is 2. The molecule has 1 unspecified atom stereocenters. The average molecular weight is 481 g/mol. The maximum atomic E-state index is 13.1. The Morgan fingerprint density at radius 2 is 1.82 bits per heavy atom. The van der Waals surface area contributed by atoms with Gasteiger partial charge in [-0.25, -0.2) is 4.79 Å². The molecule has 0 aliphatic carbocycles. The molecule has 0 fully saturated rings. The van der Waals surface area contributed by atoms with Crippen molar-refractivity contribution in [2.45, 2.75) is 46.1 Å².